The first-order chi connectivity index (χ1) is 8.58. The fourth-order valence-corrected chi connectivity index (χ4v) is 1.92. The molecule has 0 bridgehead atoms. The number of carbonyl (C=O) groups is 1. The Labute approximate surface area is 116 Å². The lowest BCUT2D eigenvalue weighted by atomic mass is 10.1. The third kappa shape index (κ3) is 4.31. The van der Waals surface area contributed by atoms with E-state index in [-0.39, 0.29) is 5.91 Å². The number of unbranched alkanes of at least 4 members (excludes halogenated alkanes) is 1. The minimum Gasteiger partial charge on any atom is -0.495 e. The third-order valence-electron chi connectivity index (χ3n) is 2.62. The number of anilines is 1. The zero-order valence-electron chi connectivity index (χ0n) is 10.7. The summed E-state index contributed by atoms with van der Waals surface area (Å²) in [6.07, 6.45) is 2.67. The maximum atomic E-state index is 11.9. The van der Waals surface area contributed by atoms with Gasteiger partial charge in [0.1, 0.15) is 5.75 Å². The van der Waals surface area contributed by atoms with Crippen LogP contribution in [-0.2, 0) is 4.79 Å². The Hall–Kier alpha value is -1.07. The Bertz CT molecular complexity index is 410. The molecule has 0 unspecified atom stereocenters. The highest BCUT2D eigenvalue weighted by Gasteiger charge is 2.15. The molecular formula is C13H19BrN2O2. The lowest BCUT2D eigenvalue weighted by molar-refractivity contribution is -0.117. The molecule has 0 saturated carbocycles. The number of methoxy groups -OCH3 is 1. The van der Waals surface area contributed by atoms with Crippen LogP contribution in [0.3, 0.4) is 0 Å². The van der Waals surface area contributed by atoms with Crippen LogP contribution in [0.15, 0.2) is 22.7 Å². The van der Waals surface area contributed by atoms with Crippen LogP contribution in [0.5, 0.6) is 5.75 Å². The zero-order valence-corrected chi connectivity index (χ0v) is 12.3. The monoisotopic (exact) mass is 314 g/mol. The highest BCUT2D eigenvalue weighted by molar-refractivity contribution is 9.10. The Balaban J connectivity index is 2.71. The summed E-state index contributed by atoms with van der Waals surface area (Å²) in [5.41, 5.74) is 6.44. The second-order valence-corrected chi connectivity index (χ2v) is 5.00. The van der Waals surface area contributed by atoms with Crippen LogP contribution < -0.4 is 15.8 Å². The van der Waals surface area contributed by atoms with E-state index in [1.165, 1.54) is 0 Å². The van der Waals surface area contributed by atoms with Crippen LogP contribution in [0.25, 0.3) is 0 Å². The van der Waals surface area contributed by atoms with Crippen molar-refractivity contribution in [1.29, 1.82) is 0 Å². The van der Waals surface area contributed by atoms with E-state index >= 15 is 0 Å². The Morgan fingerprint density at radius 1 is 1.56 bits per heavy atom. The van der Waals surface area contributed by atoms with E-state index in [0.717, 1.165) is 17.3 Å². The number of nitrogens with one attached hydrogen (secondary N) is 1. The van der Waals surface area contributed by atoms with Gasteiger partial charge in [0.2, 0.25) is 5.91 Å². The highest BCUT2D eigenvalue weighted by Crippen LogP contribution is 2.28. The molecule has 3 N–H and O–H groups in total. The third-order valence-corrected chi connectivity index (χ3v) is 3.12. The molecule has 1 atom stereocenters. The van der Waals surface area contributed by atoms with Crippen LogP contribution in [0.2, 0.25) is 0 Å². The predicted molar refractivity (Wildman–Crippen MR) is 76.8 cm³/mol. The summed E-state index contributed by atoms with van der Waals surface area (Å²) >= 11 is 3.36. The number of carbonyl (C=O) groups excluding carboxylic acids is 1. The van der Waals surface area contributed by atoms with Gasteiger partial charge in [-0.05, 0) is 24.6 Å². The summed E-state index contributed by atoms with van der Waals surface area (Å²) < 4.78 is 6.06. The summed E-state index contributed by atoms with van der Waals surface area (Å²) in [4.78, 5) is 11.9. The molecule has 1 aromatic rings. The Morgan fingerprint density at radius 3 is 2.89 bits per heavy atom. The van der Waals surface area contributed by atoms with Crippen molar-refractivity contribution in [3.05, 3.63) is 22.7 Å². The van der Waals surface area contributed by atoms with Gasteiger partial charge in [0.25, 0.3) is 0 Å². The lowest BCUT2D eigenvalue weighted by Gasteiger charge is -2.14. The number of hydrogen-bond acceptors (Lipinski definition) is 3. The number of nitrogens with two attached hydrogens (primary N) is 1. The van der Waals surface area contributed by atoms with E-state index in [2.05, 4.69) is 28.2 Å². The second-order valence-electron chi connectivity index (χ2n) is 4.08. The molecule has 1 amide bonds. The quantitative estimate of drug-likeness (QED) is 0.848. The number of rotatable bonds is 6. The zero-order chi connectivity index (χ0) is 13.5. The topological polar surface area (TPSA) is 64.4 Å². The van der Waals surface area contributed by atoms with Gasteiger partial charge in [-0.25, -0.2) is 0 Å². The number of halogens is 1. The van der Waals surface area contributed by atoms with Crippen molar-refractivity contribution in [3.63, 3.8) is 0 Å². The average Bonchev–Trinajstić information content (AvgIpc) is 2.36. The first kappa shape index (κ1) is 15.0. The van der Waals surface area contributed by atoms with Crippen LogP contribution in [0.1, 0.15) is 26.2 Å². The van der Waals surface area contributed by atoms with Crippen molar-refractivity contribution in [2.24, 2.45) is 5.73 Å². The standard InChI is InChI=1S/C13H19BrN2O2/c1-3-4-5-10(15)13(17)16-11-8-9(14)6-7-12(11)18-2/h6-8,10H,3-5,15H2,1-2H3,(H,16,17)/t10-/m0/s1. The van der Waals surface area contributed by atoms with Crippen molar-refractivity contribution < 1.29 is 9.53 Å². The summed E-state index contributed by atoms with van der Waals surface area (Å²) in [6.45, 7) is 2.07. The summed E-state index contributed by atoms with van der Waals surface area (Å²) in [5.74, 6) is 0.439. The molecule has 1 rings (SSSR count). The molecule has 0 radical (unpaired) electrons. The minimum absolute atomic E-state index is 0.181. The van der Waals surface area contributed by atoms with Gasteiger partial charge in [-0.15, -0.1) is 0 Å². The van der Waals surface area contributed by atoms with Gasteiger partial charge in [-0.1, -0.05) is 35.7 Å². The molecule has 18 heavy (non-hydrogen) atoms. The smallest absolute Gasteiger partial charge is 0.241 e. The number of ether oxygens (including phenoxy) is 1. The molecule has 0 aliphatic carbocycles. The maximum Gasteiger partial charge on any atom is 0.241 e. The molecule has 0 heterocycles. The van der Waals surface area contributed by atoms with Crippen LogP contribution in [-0.4, -0.2) is 19.1 Å². The Morgan fingerprint density at radius 2 is 2.28 bits per heavy atom. The predicted octanol–water partition coefficient (Wildman–Crippen LogP) is 2.91. The molecule has 0 aliphatic rings. The van der Waals surface area contributed by atoms with E-state index < -0.39 is 6.04 Å². The normalized spacial score (nSPS) is 12.0. The number of benzene rings is 1. The van der Waals surface area contributed by atoms with E-state index in [1.54, 1.807) is 19.2 Å². The number of amides is 1. The molecule has 0 fully saturated rings. The Kier molecular flexibility index (Phi) is 6.15. The van der Waals surface area contributed by atoms with Gasteiger partial charge >= 0.3 is 0 Å². The molecule has 5 heteroatoms. The second kappa shape index (κ2) is 7.38. The van der Waals surface area contributed by atoms with Gasteiger partial charge in [-0.2, -0.15) is 0 Å². The van der Waals surface area contributed by atoms with Gasteiger partial charge in [-0.3, -0.25) is 4.79 Å². The fourth-order valence-electron chi connectivity index (χ4n) is 1.56. The first-order valence-electron chi connectivity index (χ1n) is 5.98. The molecule has 1 aromatic carbocycles. The molecular weight excluding hydrogens is 296 g/mol. The van der Waals surface area contributed by atoms with Crippen molar-refractivity contribution in [2.75, 3.05) is 12.4 Å². The molecule has 0 aliphatic heterocycles. The molecule has 0 saturated heterocycles. The fraction of sp³-hybridized carbons (Fsp3) is 0.462. The van der Waals surface area contributed by atoms with Crippen molar-refractivity contribution in [2.45, 2.75) is 32.2 Å². The maximum absolute atomic E-state index is 11.9. The van der Waals surface area contributed by atoms with Crippen molar-refractivity contribution >= 4 is 27.5 Å². The summed E-state index contributed by atoms with van der Waals surface area (Å²) in [6, 6.07) is 4.96. The van der Waals surface area contributed by atoms with Crippen LogP contribution in [0, 0.1) is 0 Å². The highest BCUT2D eigenvalue weighted by atomic mass is 79.9. The van der Waals surface area contributed by atoms with E-state index in [0.29, 0.717) is 17.9 Å². The van der Waals surface area contributed by atoms with Gasteiger partial charge in [0, 0.05) is 4.47 Å². The molecule has 0 spiro atoms. The van der Waals surface area contributed by atoms with E-state index in [4.69, 9.17) is 10.5 Å². The van der Waals surface area contributed by atoms with E-state index in [1.807, 2.05) is 6.07 Å². The van der Waals surface area contributed by atoms with Gasteiger partial charge < -0.3 is 15.8 Å². The SMILES string of the molecule is CCCC[C@H](N)C(=O)Nc1cc(Br)ccc1OC. The van der Waals surface area contributed by atoms with Crippen LogP contribution >= 0.6 is 15.9 Å². The molecule has 4 nitrogen and oxygen atoms in total. The minimum atomic E-state index is -0.478. The van der Waals surface area contributed by atoms with Gasteiger partial charge in [0.15, 0.2) is 0 Å². The largest absolute Gasteiger partial charge is 0.495 e. The lowest BCUT2D eigenvalue weighted by Crippen LogP contribution is -2.35. The summed E-state index contributed by atoms with van der Waals surface area (Å²) in [7, 11) is 1.57. The van der Waals surface area contributed by atoms with E-state index in [9.17, 15) is 4.79 Å². The average molecular weight is 315 g/mol. The number of hydrogen-bond donors (Lipinski definition) is 2. The van der Waals surface area contributed by atoms with Crippen LogP contribution in [0.4, 0.5) is 5.69 Å². The first-order valence-corrected chi connectivity index (χ1v) is 6.77. The molecule has 100 valence electrons. The van der Waals surface area contributed by atoms with Crippen molar-refractivity contribution in [1.82, 2.24) is 0 Å². The molecule has 0 aromatic heterocycles. The van der Waals surface area contributed by atoms with Crippen molar-refractivity contribution in [3.8, 4) is 5.75 Å². The summed E-state index contributed by atoms with van der Waals surface area (Å²) in [5, 5.41) is 2.79. The van der Waals surface area contributed by atoms with Gasteiger partial charge in [0.05, 0.1) is 18.8 Å².